The van der Waals surface area contributed by atoms with Crippen LogP contribution in [0.25, 0.3) is 0 Å². The summed E-state index contributed by atoms with van der Waals surface area (Å²) in [4.78, 5) is 18.8. The molecule has 0 aliphatic carbocycles. The second kappa shape index (κ2) is 5.86. The molecule has 0 amide bonds. The van der Waals surface area contributed by atoms with Gasteiger partial charge in [-0.3, -0.25) is 4.79 Å². The molecule has 0 aliphatic heterocycles. The molecular formula is C12H8Cl2N2O3. The van der Waals surface area contributed by atoms with Crippen molar-refractivity contribution in [1.82, 2.24) is 9.97 Å². The number of benzene rings is 1. The van der Waals surface area contributed by atoms with Crippen molar-refractivity contribution in [2.75, 3.05) is 7.11 Å². The Morgan fingerprint density at radius 1 is 1.26 bits per heavy atom. The van der Waals surface area contributed by atoms with Gasteiger partial charge in [0.15, 0.2) is 6.29 Å². The fourth-order valence-electron chi connectivity index (χ4n) is 1.35. The molecule has 7 heteroatoms. The molecular weight excluding hydrogens is 291 g/mol. The number of hydrogen-bond donors (Lipinski definition) is 0. The van der Waals surface area contributed by atoms with Gasteiger partial charge in [0.05, 0.1) is 17.7 Å². The topological polar surface area (TPSA) is 61.3 Å². The highest BCUT2D eigenvalue weighted by Crippen LogP contribution is 2.28. The van der Waals surface area contributed by atoms with Crippen LogP contribution in [0.5, 0.6) is 17.6 Å². The summed E-state index contributed by atoms with van der Waals surface area (Å²) < 4.78 is 10.3. The number of carbonyl (C=O) groups excluding carboxylic acids is 1. The third-order valence-corrected chi connectivity index (χ3v) is 2.72. The Morgan fingerprint density at radius 2 is 2.05 bits per heavy atom. The third-order valence-electron chi connectivity index (χ3n) is 2.19. The van der Waals surface area contributed by atoms with Gasteiger partial charge >= 0.3 is 6.01 Å². The van der Waals surface area contributed by atoms with E-state index in [1.54, 1.807) is 18.2 Å². The number of rotatable bonds is 4. The summed E-state index contributed by atoms with van der Waals surface area (Å²) in [6.07, 6.45) is 0.597. The summed E-state index contributed by atoms with van der Waals surface area (Å²) in [5.74, 6) is 0.497. The molecule has 0 radical (unpaired) electrons. The van der Waals surface area contributed by atoms with Crippen molar-refractivity contribution in [1.29, 1.82) is 0 Å². The number of aromatic nitrogens is 2. The van der Waals surface area contributed by atoms with Crippen molar-refractivity contribution in [3.05, 3.63) is 40.0 Å². The fourth-order valence-corrected chi connectivity index (χ4v) is 1.72. The van der Waals surface area contributed by atoms with Crippen LogP contribution in [0.2, 0.25) is 10.2 Å². The molecule has 1 aromatic carbocycles. The molecule has 0 spiro atoms. The Bertz CT molecular complexity index is 620. The molecule has 0 atom stereocenters. The van der Waals surface area contributed by atoms with Crippen molar-refractivity contribution in [2.45, 2.75) is 0 Å². The van der Waals surface area contributed by atoms with Crippen LogP contribution in [0, 0.1) is 0 Å². The van der Waals surface area contributed by atoms with Crippen molar-refractivity contribution in [3.63, 3.8) is 0 Å². The van der Waals surface area contributed by atoms with Crippen LogP contribution >= 0.6 is 23.2 Å². The first-order valence-electron chi connectivity index (χ1n) is 5.14. The Labute approximate surface area is 119 Å². The molecule has 0 saturated carbocycles. The number of carbonyl (C=O) groups is 1. The van der Waals surface area contributed by atoms with Gasteiger partial charge in [0, 0.05) is 6.07 Å². The van der Waals surface area contributed by atoms with Gasteiger partial charge in [-0.15, -0.1) is 0 Å². The lowest BCUT2D eigenvalue weighted by atomic mass is 10.2. The summed E-state index contributed by atoms with van der Waals surface area (Å²) in [5, 5.41) is 0.443. The van der Waals surface area contributed by atoms with E-state index in [9.17, 15) is 4.79 Å². The molecule has 5 nitrogen and oxygen atoms in total. The van der Waals surface area contributed by atoms with Crippen molar-refractivity contribution < 1.29 is 14.3 Å². The summed E-state index contributed by atoms with van der Waals surface area (Å²) in [6.45, 7) is 0. The molecule has 1 heterocycles. The zero-order chi connectivity index (χ0) is 13.8. The van der Waals surface area contributed by atoms with E-state index in [2.05, 4.69) is 9.97 Å². The Hall–Kier alpha value is -1.85. The molecule has 0 saturated heterocycles. The first kappa shape index (κ1) is 13.6. The zero-order valence-electron chi connectivity index (χ0n) is 9.76. The summed E-state index contributed by atoms with van der Waals surface area (Å²) in [6, 6.07) is 6.21. The number of nitrogens with zero attached hydrogens (tertiary/aromatic N) is 2. The molecule has 0 aliphatic rings. The highest BCUT2D eigenvalue weighted by atomic mass is 35.5. The minimum absolute atomic E-state index is 0.0327. The van der Waals surface area contributed by atoms with Gasteiger partial charge in [-0.2, -0.15) is 9.97 Å². The van der Waals surface area contributed by atoms with Gasteiger partial charge in [0.1, 0.15) is 10.9 Å². The molecule has 19 heavy (non-hydrogen) atoms. The molecule has 98 valence electrons. The van der Waals surface area contributed by atoms with Gasteiger partial charge < -0.3 is 9.47 Å². The molecule has 2 rings (SSSR count). The van der Waals surface area contributed by atoms with Crippen LogP contribution in [0.4, 0.5) is 0 Å². The molecule has 0 bridgehead atoms. The van der Waals surface area contributed by atoms with Gasteiger partial charge in [0.25, 0.3) is 0 Å². The minimum Gasteiger partial charge on any atom is -0.481 e. The van der Waals surface area contributed by atoms with Crippen molar-refractivity contribution in [2.24, 2.45) is 0 Å². The second-order valence-electron chi connectivity index (χ2n) is 3.39. The lowest BCUT2D eigenvalue weighted by Crippen LogP contribution is -1.97. The highest BCUT2D eigenvalue weighted by molar-refractivity contribution is 6.33. The van der Waals surface area contributed by atoms with Crippen LogP contribution in [0.15, 0.2) is 24.3 Å². The normalized spacial score (nSPS) is 10.1. The van der Waals surface area contributed by atoms with E-state index >= 15 is 0 Å². The zero-order valence-corrected chi connectivity index (χ0v) is 11.3. The number of halogens is 2. The van der Waals surface area contributed by atoms with Crippen LogP contribution in [0.1, 0.15) is 10.4 Å². The predicted octanol–water partition coefficient (Wildman–Crippen LogP) is 3.40. The highest BCUT2D eigenvalue weighted by Gasteiger charge is 2.11. The molecule has 2 aromatic rings. The van der Waals surface area contributed by atoms with E-state index in [0.717, 1.165) is 0 Å². The smallest absolute Gasteiger partial charge is 0.326 e. The van der Waals surface area contributed by atoms with Crippen LogP contribution in [0.3, 0.4) is 0 Å². The third kappa shape index (κ3) is 3.13. The summed E-state index contributed by atoms with van der Waals surface area (Å²) >= 11 is 11.7. The predicted molar refractivity (Wildman–Crippen MR) is 70.5 cm³/mol. The molecule has 0 N–H and O–H groups in total. The number of methoxy groups -OCH3 is 1. The Balaban J connectivity index is 2.38. The lowest BCUT2D eigenvalue weighted by Gasteiger charge is -2.08. The second-order valence-corrected chi connectivity index (χ2v) is 4.18. The maximum absolute atomic E-state index is 11.0. The van der Waals surface area contributed by atoms with Crippen LogP contribution in [-0.4, -0.2) is 23.4 Å². The average Bonchev–Trinajstić information content (AvgIpc) is 2.38. The minimum atomic E-state index is -0.0327. The maximum Gasteiger partial charge on any atom is 0.326 e. The lowest BCUT2D eigenvalue weighted by molar-refractivity contribution is 0.112. The SMILES string of the molecule is COc1cc(Cl)nc(Oc2cccc(Cl)c2C=O)n1. The van der Waals surface area contributed by atoms with E-state index in [4.69, 9.17) is 32.7 Å². The number of hydrogen-bond acceptors (Lipinski definition) is 5. The van der Waals surface area contributed by atoms with E-state index in [1.165, 1.54) is 13.2 Å². The maximum atomic E-state index is 11.0. The van der Waals surface area contributed by atoms with Crippen molar-refractivity contribution in [3.8, 4) is 17.6 Å². The molecule has 1 aromatic heterocycles. The van der Waals surface area contributed by atoms with Gasteiger partial charge in [-0.25, -0.2) is 0 Å². The van der Waals surface area contributed by atoms with E-state index < -0.39 is 0 Å². The monoisotopic (exact) mass is 298 g/mol. The summed E-state index contributed by atoms with van der Waals surface area (Å²) in [7, 11) is 1.44. The number of ether oxygens (including phenoxy) is 2. The fraction of sp³-hybridized carbons (Fsp3) is 0.0833. The molecule has 0 unspecified atom stereocenters. The van der Waals surface area contributed by atoms with E-state index in [-0.39, 0.29) is 33.4 Å². The Kier molecular flexibility index (Phi) is 4.19. The van der Waals surface area contributed by atoms with E-state index in [0.29, 0.717) is 6.29 Å². The summed E-state index contributed by atoms with van der Waals surface area (Å²) in [5.41, 5.74) is 0.215. The number of aldehydes is 1. The van der Waals surface area contributed by atoms with E-state index in [1.807, 2.05) is 0 Å². The quantitative estimate of drug-likeness (QED) is 0.639. The molecule has 0 fully saturated rings. The van der Waals surface area contributed by atoms with Crippen molar-refractivity contribution >= 4 is 29.5 Å². The Morgan fingerprint density at radius 3 is 2.74 bits per heavy atom. The standard InChI is InChI=1S/C12H8Cl2N2O3/c1-18-11-5-10(14)15-12(16-11)19-9-4-2-3-8(13)7(9)6-17/h2-6H,1H3. The first-order valence-corrected chi connectivity index (χ1v) is 5.89. The largest absolute Gasteiger partial charge is 0.481 e. The van der Waals surface area contributed by atoms with Crippen LogP contribution in [-0.2, 0) is 0 Å². The van der Waals surface area contributed by atoms with Gasteiger partial charge in [-0.05, 0) is 12.1 Å². The average molecular weight is 299 g/mol. The van der Waals surface area contributed by atoms with Crippen LogP contribution < -0.4 is 9.47 Å². The first-order chi connectivity index (χ1) is 9.13. The van der Waals surface area contributed by atoms with Gasteiger partial charge in [-0.1, -0.05) is 29.3 Å². The van der Waals surface area contributed by atoms with Gasteiger partial charge in [0.2, 0.25) is 5.88 Å².